The molecule has 0 unspecified atom stereocenters. The molecule has 118 valence electrons. The quantitative estimate of drug-likeness (QED) is 0.761. The van der Waals surface area contributed by atoms with Crippen LogP contribution in [0.1, 0.15) is 21.5 Å². The number of aromatic amines is 1. The molecular weight excluding hydrogens is 288 g/mol. The van der Waals surface area contributed by atoms with E-state index in [-0.39, 0.29) is 5.91 Å². The smallest absolute Gasteiger partial charge is 0.253 e. The minimum Gasteiger partial charge on any atom is -0.348 e. The van der Waals surface area contributed by atoms with Crippen molar-refractivity contribution in [2.24, 2.45) is 0 Å². The number of para-hydroxylation sites is 1. The van der Waals surface area contributed by atoms with Gasteiger partial charge in [-0.05, 0) is 31.3 Å². The molecule has 2 aromatic carbocycles. The number of hydrogen-bond acceptors (Lipinski definition) is 3. The van der Waals surface area contributed by atoms with Gasteiger partial charge in [0.05, 0.1) is 17.3 Å². The molecule has 1 heterocycles. The van der Waals surface area contributed by atoms with Crippen molar-refractivity contribution in [3.05, 3.63) is 65.4 Å². The molecule has 3 rings (SSSR count). The molecule has 0 atom stereocenters. The van der Waals surface area contributed by atoms with Crippen molar-refractivity contribution in [2.45, 2.75) is 13.1 Å². The van der Waals surface area contributed by atoms with Crippen LogP contribution in [-0.2, 0) is 13.1 Å². The van der Waals surface area contributed by atoms with Gasteiger partial charge in [0, 0.05) is 18.5 Å². The van der Waals surface area contributed by atoms with E-state index in [1.54, 1.807) is 12.3 Å². The zero-order valence-electron chi connectivity index (χ0n) is 13.3. The van der Waals surface area contributed by atoms with E-state index < -0.39 is 0 Å². The van der Waals surface area contributed by atoms with E-state index in [4.69, 9.17) is 0 Å². The van der Waals surface area contributed by atoms with Crippen LogP contribution in [0, 0.1) is 0 Å². The van der Waals surface area contributed by atoms with Gasteiger partial charge in [-0.2, -0.15) is 5.10 Å². The van der Waals surface area contributed by atoms with Crippen molar-refractivity contribution in [2.75, 3.05) is 14.1 Å². The summed E-state index contributed by atoms with van der Waals surface area (Å²) in [6.45, 7) is 1.42. The van der Waals surface area contributed by atoms with Crippen molar-refractivity contribution in [1.29, 1.82) is 0 Å². The lowest BCUT2D eigenvalue weighted by Crippen LogP contribution is -2.23. The Balaban J connectivity index is 1.66. The summed E-state index contributed by atoms with van der Waals surface area (Å²) in [4.78, 5) is 14.5. The van der Waals surface area contributed by atoms with Crippen LogP contribution in [0.5, 0.6) is 0 Å². The summed E-state index contributed by atoms with van der Waals surface area (Å²) in [7, 11) is 4.09. The number of carbonyl (C=O) groups excluding carboxylic acids is 1. The molecular formula is C18H20N4O. The third-order valence-corrected chi connectivity index (χ3v) is 3.70. The summed E-state index contributed by atoms with van der Waals surface area (Å²) < 4.78 is 0. The Morgan fingerprint density at radius 1 is 1.13 bits per heavy atom. The molecule has 0 spiro atoms. The van der Waals surface area contributed by atoms with Crippen LogP contribution in [0.4, 0.5) is 0 Å². The Bertz CT molecular complexity index is 805. The highest BCUT2D eigenvalue weighted by atomic mass is 16.1. The predicted octanol–water partition coefficient (Wildman–Crippen LogP) is 2.55. The molecule has 23 heavy (non-hydrogen) atoms. The molecule has 0 aliphatic rings. The summed E-state index contributed by atoms with van der Waals surface area (Å²) in [5.41, 5.74) is 3.72. The second kappa shape index (κ2) is 6.62. The summed E-state index contributed by atoms with van der Waals surface area (Å²) in [6.07, 6.45) is 1.72. The van der Waals surface area contributed by atoms with Crippen LogP contribution in [0.15, 0.2) is 48.7 Å². The predicted molar refractivity (Wildman–Crippen MR) is 91.1 cm³/mol. The molecule has 0 bridgehead atoms. The number of aromatic nitrogens is 2. The van der Waals surface area contributed by atoms with Gasteiger partial charge in [0.1, 0.15) is 0 Å². The van der Waals surface area contributed by atoms with Crippen molar-refractivity contribution < 1.29 is 4.79 Å². The van der Waals surface area contributed by atoms with Crippen LogP contribution in [0.3, 0.4) is 0 Å². The molecule has 0 fully saturated rings. The Hall–Kier alpha value is -2.66. The van der Waals surface area contributed by atoms with Crippen molar-refractivity contribution in [1.82, 2.24) is 20.4 Å². The zero-order valence-corrected chi connectivity index (χ0v) is 13.3. The monoisotopic (exact) mass is 308 g/mol. The molecule has 0 aliphatic heterocycles. The minimum absolute atomic E-state index is 0.0998. The molecule has 0 saturated carbocycles. The maximum Gasteiger partial charge on any atom is 0.253 e. The third-order valence-electron chi connectivity index (χ3n) is 3.70. The zero-order chi connectivity index (χ0) is 16.2. The first-order valence-electron chi connectivity index (χ1n) is 7.56. The van der Waals surface area contributed by atoms with Crippen molar-refractivity contribution >= 4 is 16.8 Å². The number of nitrogens with zero attached hydrogens (tertiary/aromatic N) is 2. The molecule has 2 N–H and O–H groups in total. The number of H-pyrrole nitrogens is 1. The number of nitrogens with one attached hydrogen (secondary N) is 2. The summed E-state index contributed by atoms with van der Waals surface area (Å²) in [5, 5.41) is 10.8. The lowest BCUT2D eigenvalue weighted by molar-refractivity contribution is 0.0952. The molecule has 0 aliphatic carbocycles. The van der Waals surface area contributed by atoms with E-state index >= 15 is 0 Å². The number of amides is 1. The Morgan fingerprint density at radius 2 is 1.87 bits per heavy atom. The molecule has 5 heteroatoms. The second-order valence-electron chi connectivity index (χ2n) is 5.88. The third kappa shape index (κ3) is 3.57. The average Bonchev–Trinajstić information content (AvgIpc) is 3.02. The van der Waals surface area contributed by atoms with Crippen LogP contribution in [0.2, 0.25) is 0 Å². The van der Waals surface area contributed by atoms with Gasteiger partial charge in [-0.15, -0.1) is 0 Å². The first-order valence-corrected chi connectivity index (χ1v) is 7.56. The number of carbonyl (C=O) groups is 1. The molecule has 1 amide bonds. The second-order valence-corrected chi connectivity index (χ2v) is 5.88. The number of rotatable bonds is 5. The maximum atomic E-state index is 12.4. The van der Waals surface area contributed by atoms with Gasteiger partial charge >= 0.3 is 0 Å². The highest BCUT2D eigenvalue weighted by Gasteiger charge is 2.10. The molecule has 3 aromatic rings. The Morgan fingerprint density at radius 3 is 2.61 bits per heavy atom. The summed E-state index contributed by atoms with van der Waals surface area (Å²) >= 11 is 0. The van der Waals surface area contributed by atoms with Crippen LogP contribution in [0.25, 0.3) is 10.9 Å². The molecule has 0 saturated heterocycles. The highest BCUT2D eigenvalue weighted by molar-refractivity contribution is 6.05. The van der Waals surface area contributed by atoms with Crippen molar-refractivity contribution in [3.8, 4) is 0 Å². The largest absolute Gasteiger partial charge is 0.348 e. The molecule has 5 nitrogen and oxygen atoms in total. The number of fused-ring (bicyclic) bond motifs is 1. The van der Waals surface area contributed by atoms with Crippen LogP contribution >= 0.6 is 0 Å². The molecule has 0 radical (unpaired) electrons. The summed E-state index contributed by atoms with van der Waals surface area (Å²) in [6, 6.07) is 13.9. The molecule has 1 aromatic heterocycles. The number of benzene rings is 2. The fraction of sp³-hybridized carbons (Fsp3) is 0.222. The van der Waals surface area contributed by atoms with Crippen LogP contribution < -0.4 is 5.32 Å². The van der Waals surface area contributed by atoms with Gasteiger partial charge in [0.25, 0.3) is 5.91 Å². The normalized spacial score (nSPS) is 11.1. The number of hydrogen-bond donors (Lipinski definition) is 2. The Labute approximate surface area is 135 Å². The standard InChI is InChI=1S/C18H20N4O/c1-22(2)12-14-8-6-13(7-9-14)10-19-18(23)16-5-3-4-15-11-20-21-17(15)16/h3-9,11H,10,12H2,1-2H3,(H,19,23)(H,20,21). The average molecular weight is 308 g/mol. The maximum absolute atomic E-state index is 12.4. The van der Waals surface area contributed by atoms with Gasteiger partial charge in [0.2, 0.25) is 0 Å². The van der Waals surface area contributed by atoms with Gasteiger partial charge in [-0.25, -0.2) is 0 Å². The van der Waals surface area contributed by atoms with Gasteiger partial charge in [-0.3, -0.25) is 9.89 Å². The SMILES string of the molecule is CN(C)Cc1ccc(CNC(=O)c2cccc3cn[nH]c23)cc1. The van der Waals surface area contributed by atoms with E-state index in [0.717, 1.165) is 23.0 Å². The van der Waals surface area contributed by atoms with E-state index in [2.05, 4.69) is 44.7 Å². The van der Waals surface area contributed by atoms with E-state index in [0.29, 0.717) is 12.1 Å². The van der Waals surface area contributed by atoms with Gasteiger partial charge in [0.15, 0.2) is 0 Å². The lowest BCUT2D eigenvalue weighted by Gasteiger charge is -2.10. The highest BCUT2D eigenvalue weighted by Crippen LogP contribution is 2.15. The fourth-order valence-electron chi connectivity index (χ4n) is 2.56. The fourth-order valence-corrected chi connectivity index (χ4v) is 2.56. The van der Waals surface area contributed by atoms with E-state index in [9.17, 15) is 4.79 Å². The van der Waals surface area contributed by atoms with Crippen LogP contribution in [-0.4, -0.2) is 35.1 Å². The lowest BCUT2D eigenvalue weighted by atomic mass is 10.1. The minimum atomic E-state index is -0.0998. The van der Waals surface area contributed by atoms with E-state index in [1.807, 2.05) is 26.2 Å². The Kier molecular flexibility index (Phi) is 4.39. The van der Waals surface area contributed by atoms with Gasteiger partial charge < -0.3 is 10.2 Å². The first-order chi connectivity index (χ1) is 11.1. The van der Waals surface area contributed by atoms with E-state index in [1.165, 1.54) is 5.56 Å². The van der Waals surface area contributed by atoms with Gasteiger partial charge in [-0.1, -0.05) is 36.4 Å². The first kappa shape index (κ1) is 15.2. The topological polar surface area (TPSA) is 61.0 Å². The summed E-state index contributed by atoms with van der Waals surface area (Å²) in [5.74, 6) is -0.0998. The van der Waals surface area contributed by atoms with Crippen molar-refractivity contribution in [3.63, 3.8) is 0 Å².